The summed E-state index contributed by atoms with van der Waals surface area (Å²) in [7, 11) is 0. The van der Waals surface area contributed by atoms with Gasteiger partial charge in [-0.3, -0.25) is 9.69 Å². The minimum absolute atomic E-state index is 0.0956. The van der Waals surface area contributed by atoms with Crippen molar-refractivity contribution in [1.82, 2.24) is 9.80 Å². The molecule has 5 nitrogen and oxygen atoms in total. The monoisotopic (exact) mass is 414 g/mol. The molecular formula is C22H23FN2O3S. The molecule has 1 fully saturated rings. The molecule has 152 valence electrons. The number of morpholine rings is 1. The Bertz CT molecular complexity index is 897. The first-order valence-electron chi connectivity index (χ1n) is 9.59. The highest BCUT2D eigenvalue weighted by Crippen LogP contribution is 2.17. The van der Waals surface area contributed by atoms with Crippen LogP contribution in [0.2, 0.25) is 0 Å². The van der Waals surface area contributed by atoms with Gasteiger partial charge in [-0.1, -0.05) is 0 Å². The Morgan fingerprint density at radius 2 is 2.10 bits per heavy atom. The lowest BCUT2D eigenvalue weighted by Crippen LogP contribution is -2.48. The maximum atomic E-state index is 13.3. The summed E-state index contributed by atoms with van der Waals surface area (Å²) in [5, 5.41) is 4.24. The molecule has 3 heterocycles. The largest absolute Gasteiger partial charge is 0.467 e. The van der Waals surface area contributed by atoms with Crippen molar-refractivity contribution in [3.05, 3.63) is 82.2 Å². The predicted molar refractivity (Wildman–Crippen MR) is 109 cm³/mol. The maximum absolute atomic E-state index is 13.3. The van der Waals surface area contributed by atoms with Gasteiger partial charge in [0.1, 0.15) is 11.6 Å². The number of nitrogens with zero attached hydrogens (tertiary/aromatic N) is 2. The van der Waals surface area contributed by atoms with Crippen molar-refractivity contribution in [3.8, 4) is 0 Å². The molecule has 0 N–H and O–H groups in total. The van der Waals surface area contributed by atoms with Crippen LogP contribution in [0.15, 0.2) is 63.9 Å². The molecule has 1 aliphatic heterocycles. The van der Waals surface area contributed by atoms with E-state index in [-0.39, 0.29) is 17.8 Å². The number of ether oxygens (including phenoxy) is 1. The predicted octanol–water partition coefficient (Wildman–Crippen LogP) is 4.02. The van der Waals surface area contributed by atoms with Crippen molar-refractivity contribution < 1.29 is 18.3 Å². The SMILES string of the molecule is O=C(c1ccc(F)cc1)N(Cc1ccco1)CC1CN(Cc2ccsc2)CCO1. The second-order valence-electron chi connectivity index (χ2n) is 7.13. The smallest absolute Gasteiger partial charge is 0.254 e. The molecule has 3 aromatic rings. The maximum Gasteiger partial charge on any atom is 0.254 e. The van der Waals surface area contributed by atoms with Crippen LogP contribution in [0.5, 0.6) is 0 Å². The first-order chi connectivity index (χ1) is 14.2. The molecule has 1 atom stereocenters. The van der Waals surface area contributed by atoms with Crippen LogP contribution in [0, 0.1) is 5.82 Å². The average Bonchev–Trinajstić information content (AvgIpc) is 3.42. The highest BCUT2D eigenvalue weighted by Gasteiger charge is 2.26. The van der Waals surface area contributed by atoms with Crippen LogP contribution in [0.25, 0.3) is 0 Å². The fraction of sp³-hybridized carbons (Fsp3) is 0.318. The Labute approximate surface area is 173 Å². The van der Waals surface area contributed by atoms with Gasteiger partial charge in [-0.25, -0.2) is 4.39 Å². The fourth-order valence-corrected chi connectivity index (χ4v) is 4.17. The van der Waals surface area contributed by atoms with Gasteiger partial charge < -0.3 is 14.1 Å². The Balaban J connectivity index is 1.45. The quantitative estimate of drug-likeness (QED) is 0.586. The first-order valence-corrected chi connectivity index (χ1v) is 10.5. The van der Waals surface area contributed by atoms with Crippen molar-refractivity contribution >= 4 is 17.2 Å². The van der Waals surface area contributed by atoms with Crippen LogP contribution in [-0.4, -0.2) is 48.1 Å². The molecule has 2 aromatic heterocycles. The second kappa shape index (κ2) is 9.35. The molecule has 1 unspecified atom stereocenters. The van der Waals surface area contributed by atoms with Gasteiger partial charge in [0.2, 0.25) is 0 Å². The summed E-state index contributed by atoms with van der Waals surface area (Å²) in [6.45, 7) is 3.92. The Kier molecular flexibility index (Phi) is 6.39. The van der Waals surface area contributed by atoms with E-state index in [1.807, 2.05) is 6.07 Å². The normalized spacial score (nSPS) is 17.3. The fourth-order valence-electron chi connectivity index (χ4n) is 3.51. The molecule has 0 spiro atoms. The van der Waals surface area contributed by atoms with E-state index in [0.29, 0.717) is 31.0 Å². The molecule has 1 saturated heterocycles. The van der Waals surface area contributed by atoms with Gasteiger partial charge in [-0.2, -0.15) is 11.3 Å². The van der Waals surface area contributed by atoms with E-state index in [2.05, 4.69) is 21.7 Å². The van der Waals surface area contributed by atoms with Crippen LogP contribution >= 0.6 is 11.3 Å². The van der Waals surface area contributed by atoms with E-state index in [1.54, 1.807) is 28.6 Å². The third-order valence-corrected chi connectivity index (χ3v) is 5.67. The van der Waals surface area contributed by atoms with E-state index in [4.69, 9.17) is 9.15 Å². The summed E-state index contributed by atoms with van der Waals surface area (Å²) in [5.74, 6) is 0.171. The van der Waals surface area contributed by atoms with Gasteiger partial charge in [0.25, 0.3) is 5.91 Å². The molecule has 0 bridgehead atoms. The standard InChI is InChI=1S/C22H23FN2O3S/c23-19-5-3-18(4-6-19)22(26)25(14-20-2-1-9-27-20)15-21-13-24(8-10-28-21)12-17-7-11-29-16-17/h1-7,9,11,16,21H,8,10,12-15H2. The van der Waals surface area contributed by atoms with Crippen LogP contribution in [0.4, 0.5) is 4.39 Å². The van der Waals surface area contributed by atoms with Crippen molar-refractivity contribution in [1.29, 1.82) is 0 Å². The number of thiophene rings is 1. The van der Waals surface area contributed by atoms with Gasteiger partial charge in [0, 0.05) is 31.7 Å². The van der Waals surface area contributed by atoms with Gasteiger partial charge in [0.15, 0.2) is 0 Å². The van der Waals surface area contributed by atoms with Gasteiger partial charge in [-0.05, 0) is 58.8 Å². The number of carbonyl (C=O) groups is 1. The molecule has 1 amide bonds. The van der Waals surface area contributed by atoms with E-state index in [9.17, 15) is 9.18 Å². The van der Waals surface area contributed by atoms with Crippen molar-refractivity contribution in [3.63, 3.8) is 0 Å². The number of carbonyl (C=O) groups excluding carboxylic acids is 1. The van der Waals surface area contributed by atoms with Crippen LogP contribution in [0.1, 0.15) is 21.7 Å². The number of amides is 1. The van der Waals surface area contributed by atoms with Gasteiger partial charge in [0.05, 0.1) is 25.5 Å². The number of furan rings is 1. The third-order valence-electron chi connectivity index (χ3n) is 4.94. The molecule has 4 rings (SSSR count). The summed E-state index contributed by atoms with van der Waals surface area (Å²) in [6.07, 6.45) is 1.50. The lowest BCUT2D eigenvalue weighted by Gasteiger charge is -2.35. The zero-order chi connectivity index (χ0) is 20.1. The number of hydrogen-bond acceptors (Lipinski definition) is 5. The first kappa shape index (κ1) is 19.8. The Hall–Kier alpha value is -2.48. The van der Waals surface area contributed by atoms with E-state index < -0.39 is 0 Å². The lowest BCUT2D eigenvalue weighted by atomic mass is 10.1. The Morgan fingerprint density at radius 1 is 1.24 bits per heavy atom. The summed E-state index contributed by atoms with van der Waals surface area (Å²) >= 11 is 1.70. The summed E-state index contributed by atoms with van der Waals surface area (Å²) in [4.78, 5) is 17.2. The van der Waals surface area contributed by atoms with Crippen molar-refractivity contribution in [2.45, 2.75) is 19.2 Å². The highest BCUT2D eigenvalue weighted by atomic mass is 32.1. The lowest BCUT2D eigenvalue weighted by molar-refractivity contribution is -0.0442. The van der Waals surface area contributed by atoms with Gasteiger partial charge in [-0.15, -0.1) is 0 Å². The molecule has 7 heteroatoms. The van der Waals surface area contributed by atoms with Crippen LogP contribution < -0.4 is 0 Å². The van der Waals surface area contributed by atoms with Crippen LogP contribution in [0.3, 0.4) is 0 Å². The third kappa shape index (κ3) is 5.32. The topological polar surface area (TPSA) is 45.9 Å². The number of benzene rings is 1. The molecule has 0 radical (unpaired) electrons. The molecule has 1 aliphatic rings. The molecule has 0 saturated carbocycles. The number of halogens is 1. The summed E-state index contributed by atoms with van der Waals surface area (Å²) in [6, 6.07) is 11.4. The van der Waals surface area contributed by atoms with E-state index >= 15 is 0 Å². The van der Waals surface area contributed by atoms with Crippen molar-refractivity contribution in [2.75, 3.05) is 26.2 Å². The summed E-state index contributed by atoms with van der Waals surface area (Å²) < 4.78 is 24.7. The average molecular weight is 415 g/mol. The Morgan fingerprint density at radius 3 is 2.83 bits per heavy atom. The van der Waals surface area contributed by atoms with Gasteiger partial charge >= 0.3 is 0 Å². The zero-order valence-electron chi connectivity index (χ0n) is 16.0. The molecule has 0 aliphatic carbocycles. The minimum atomic E-state index is -0.362. The number of hydrogen-bond donors (Lipinski definition) is 0. The van der Waals surface area contributed by atoms with E-state index in [1.165, 1.54) is 29.8 Å². The molecular weight excluding hydrogens is 391 g/mol. The molecule has 1 aromatic carbocycles. The zero-order valence-corrected chi connectivity index (χ0v) is 16.8. The van der Waals surface area contributed by atoms with Crippen LogP contribution in [-0.2, 0) is 17.8 Å². The second-order valence-corrected chi connectivity index (χ2v) is 7.91. The van der Waals surface area contributed by atoms with Crippen molar-refractivity contribution in [2.24, 2.45) is 0 Å². The van der Waals surface area contributed by atoms with E-state index in [0.717, 1.165) is 19.6 Å². The number of rotatable bonds is 7. The highest BCUT2D eigenvalue weighted by molar-refractivity contribution is 7.07. The minimum Gasteiger partial charge on any atom is -0.467 e. The summed E-state index contributed by atoms with van der Waals surface area (Å²) in [5.41, 5.74) is 1.74. The molecule has 29 heavy (non-hydrogen) atoms.